The number of nitrogens with two attached hydrogens (primary N) is 1. The van der Waals surface area contributed by atoms with Crippen LogP contribution < -0.4 is 5.73 Å². The molecule has 0 saturated carbocycles. The van der Waals surface area contributed by atoms with E-state index in [-0.39, 0.29) is 0 Å². The summed E-state index contributed by atoms with van der Waals surface area (Å²) in [7, 11) is 0. The molecule has 1 aromatic rings. The zero-order chi connectivity index (χ0) is 15.7. The second-order valence-corrected chi connectivity index (χ2v) is 7.15. The van der Waals surface area contributed by atoms with Crippen molar-refractivity contribution in [2.75, 3.05) is 0 Å². The van der Waals surface area contributed by atoms with E-state index in [0.717, 1.165) is 12.8 Å². The van der Waals surface area contributed by atoms with Crippen LogP contribution in [-0.2, 0) is 12.8 Å². The van der Waals surface area contributed by atoms with Gasteiger partial charge in [0.25, 0.3) is 0 Å². The van der Waals surface area contributed by atoms with E-state index in [4.69, 9.17) is 5.73 Å². The van der Waals surface area contributed by atoms with Crippen LogP contribution in [0.3, 0.4) is 0 Å². The first-order valence-electron chi connectivity index (χ1n) is 8.82. The zero-order valence-electron chi connectivity index (χ0n) is 14.6. The van der Waals surface area contributed by atoms with Crippen molar-refractivity contribution >= 4 is 0 Å². The highest BCUT2D eigenvalue weighted by Gasteiger charge is 2.21. The van der Waals surface area contributed by atoms with Gasteiger partial charge >= 0.3 is 0 Å². The zero-order valence-corrected chi connectivity index (χ0v) is 14.6. The molecule has 0 aromatic heterocycles. The molecule has 1 aromatic carbocycles. The number of rotatable bonds is 10. The lowest BCUT2D eigenvalue weighted by Crippen LogP contribution is -2.17. The predicted molar refractivity (Wildman–Crippen MR) is 94.7 cm³/mol. The Hall–Kier alpha value is -0.820. The first kappa shape index (κ1) is 18.2. The summed E-state index contributed by atoms with van der Waals surface area (Å²) >= 11 is 0. The fraction of sp³-hybridized carbons (Fsp3) is 0.700. The molecule has 0 bridgehead atoms. The minimum atomic E-state index is 0.297. The Balaban J connectivity index is 2.59. The standard InChI is InChI=1S/C20H35N/c1-5-13-20(4,14-6-2)15-12-19-9-7-8-18(16-19)11-10-17(3)21/h7-9,16-17H,5-6,10-15,21H2,1-4H3. The fourth-order valence-electron chi connectivity index (χ4n) is 3.36. The van der Waals surface area contributed by atoms with Gasteiger partial charge in [-0.15, -0.1) is 0 Å². The van der Waals surface area contributed by atoms with Crippen LogP contribution in [0.4, 0.5) is 0 Å². The van der Waals surface area contributed by atoms with E-state index in [1.807, 2.05) is 0 Å². The van der Waals surface area contributed by atoms with Crippen molar-refractivity contribution in [2.24, 2.45) is 11.1 Å². The lowest BCUT2D eigenvalue weighted by molar-refractivity contribution is 0.244. The van der Waals surface area contributed by atoms with Gasteiger partial charge in [0, 0.05) is 6.04 Å². The molecule has 2 N–H and O–H groups in total. The van der Waals surface area contributed by atoms with Crippen LogP contribution in [0.5, 0.6) is 0 Å². The molecule has 0 spiro atoms. The second-order valence-electron chi connectivity index (χ2n) is 7.15. The van der Waals surface area contributed by atoms with E-state index in [1.54, 1.807) is 0 Å². The van der Waals surface area contributed by atoms with Crippen molar-refractivity contribution in [3.05, 3.63) is 35.4 Å². The molecule has 1 atom stereocenters. The van der Waals surface area contributed by atoms with Crippen molar-refractivity contribution in [2.45, 2.75) is 85.1 Å². The van der Waals surface area contributed by atoms with E-state index in [9.17, 15) is 0 Å². The molecule has 0 aliphatic rings. The normalized spacial score (nSPS) is 13.4. The topological polar surface area (TPSA) is 26.0 Å². The molecule has 1 nitrogen and oxygen atoms in total. The highest BCUT2D eigenvalue weighted by molar-refractivity contribution is 5.24. The van der Waals surface area contributed by atoms with E-state index >= 15 is 0 Å². The number of hydrogen-bond acceptors (Lipinski definition) is 1. The summed E-state index contributed by atoms with van der Waals surface area (Å²) in [5, 5.41) is 0. The maximum atomic E-state index is 5.86. The molecule has 0 aliphatic heterocycles. The Morgan fingerprint density at radius 3 is 2.10 bits per heavy atom. The molecule has 0 fully saturated rings. The van der Waals surface area contributed by atoms with Crippen LogP contribution in [0, 0.1) is 5.41 Å². The molecular formula is C20H35N. The molecule has 0 aliphatic carbocycles. The van der Waals surface area contributed by atoms with Gasteiger partial charge < -0.3 is 5.73 Å². The molecular weight excluding hydrogens is 254 g/mol. The molecule has 1 heteroatoms. The SMILES string of the molecule is CCCC(C)(CCC)CCc1cccc(CCC(C)N)c1. The van der Waals surface area contributed by atoms with Gasteiger partial charge in [0.05, 0.1) is 0 Å². The largest absolute Gasteiger partial charge is 0.328 e. The number of benzene rings is 1. The summed E-state index contributed by atoms with van der Waals surface area (Å²) < 4.78 is 0. The maximum Gasteiger partial charge on any atom is 0.00136 e. The van der Waals surface area contributed by atoms with Crippen LogP contribution in [0.25, 0.3) is 0 Å². The third-order valence-corrected chi connectivity index (χ3v) is 4.60. The third kappa shape index (κ3) is 7.13. The van der Waals surface area contributed by atoms with Crippen molar-refractivity contribution in [1.82, 2.24) is 0 Å². The van der Waals surface area contributed by atoms with Crippen LogP contribution in [0.2, 0.25) is 0 Å². The van der Waals surface area contributed by atoms with Gasteiger partial charge in [0.2, 0.25) is 0 Å². The van der Waals surface area contributed by atoms with Crippen LogP contribution in [-0.4, -0.2) is 6.04 Å². The Morgan fingerprint density at radius 2 is 1.57 bits per heavy atom. The second kappa shape index (κ2) is 9.25. The average Bonchev–Trinajstić information content (AvgIpc) is 2.44. The van der Waals surface area contributed by atoms with Gasteiger partial charge in [-0.25, -0.2) is 0 Å². The molecule has 120 valence electrons. The van der Waals surface area contributed by atoms with Crippen LogP contribution >= 0.6 is 0 Å². The first-order valence-corrected chi connectivity index (χ1v) is 8.82. The molecule has 0 heterocycles. The highest BCUT2D eigenvalue weighted by atomic mass is 14.6. The smallest absolute Gasteiger partial charge is 0.00136 e. The Kier molecular flexibility index (Phi) is 8.03. The summed E-state index contributed by atoms with van der Waals surface area (Å²) in [6.45, 7) is 9.18. The summed E-state index contributed by atoms with van der Waals surface area (Å²) in [4.78, 5) is 0. The Morgan fingerprint density at radius 1 is 1.00 bits per heavy atom. The maximum absolute atomic E-state index is 5.86. The minimum absolute atomic E-state index is 0.297. The fourth-order valence-corrected chi connectivity index (χ4v) is 3.36. The van der Waals surface area contributed by atoms with Gasteiger partial charge in [-0.2, -0.15) is 0 Å². The van der Waals surface area contributed by atoms with Crippen LogP contribution in [0.1, 0.15) is 77.3 Å². The van der Waals surface area contributed by atoms with E-state index in [2.05, 4.69) is 52.0 Å². The Bertz CT molecular complexity index is 389. The van der Waals surface area contributed by atoms with Crippen molar-refractivity contribution in [3.8, 4) is 0 Å². The molecule has 21 heavy (non-hydrogen) atoms. The van der Waals surface area contributed by atoms with Gasteiger partial charge in [-0.05, 0) is 62.0 Å². The monoisotopic (exact) mass is 289 g/mol. The van der Waals surface area contributed by atoms with Gasteiger partial charge in [-0.1, -0.05) is 57.9 Å². The third-order valence-electron chi connectivity index (χ3n) is 4.60. The first-order chi connectivity index (χ1) is 9.99. The van der Waals surface area contributed by atoms with Crippen molar-refractivity contribution in [3.63, 3.8) is 0 Å². The summed E-state index contributed by atoms with van der Waals surface area (Å²) in [5.41, 5.74) is 9.32. The van der Waals surface area contributed by atoms with Crippen molar-refractivity contribution in [1.29, 1.82) is 0 Å². The van der Waals surface area contributed by atoms with Gasteiger partial charge in [0.15, 0.2) is 0 Å². The van der Waals surface area contributed by atoms with E-state index < -0.39 is 0 Å². The summed E-state index contributed by atoms with van der Waals surface area (Å²) in [6, 6.07) is 9.42. The van der Waals surface area contributed by atoms with Crippen LogP contribution in [0.15, 0.2) is 24.3 Å². The lowest BCUT2D eigenvalue weighted by atomic mass is 9.76. The van der Waals surface area contributed by atoms with Crippen molar-refractivity contribution < 1.29 is 0 Å². The lowest BCUT2D eigenvalue weighted by Gasteiger charge is -2.29. The van der Waals surface area contributed by atoms with Gasteiger partial charge in [0.1, 0.15) is 0 Å². The summed E-state index contributed by atoms with van der Waals surface area (Å²) in [6.07, 6.45) is 10.00. The molecule has 0 amide bonds. The molecule has 0 saturated heterocycles. The predicted octanol–water partition coefficient (Wildman–Crippen LogP) is 5.51. The minimum Gasteiger partial charge on any atom is -0.328 e. The van der Waals surface area contributed by atoms with E-state index in [0.29, 0.717) is 11.5 Å². The summed E-state index contributed by atoms with van der Waals surface area (Å²) in [5.74, 6) is 0. The highest BCUT2D eigenvalue weighted by Crippen LogP contribution is 2.34. The quantitative estimate of drug-likeness (QED) is 0.604. The molecule has 0 radical (unpaired) electrons. The number of aryl methyl sites for hydroxylation is 2. The Labute approximate surface area is 132 Å². The average molecular weight is 290 g/mol. The molecule has 1 rings (SSSR count). The molecule has 1 unspecified atom stereocenters. The number of hydrogen-bond donors (Lipinski definition) is 1. The van der Waals surface area contributed by atoms with E-state index in [1.165, 1.54) is 49.7 Å². The van der Waals surface area contributed by atoms with Gasteiger partial charge in [-0.3, -0.25) is 0 Å².